The summed E-state index contributed by atoms with van der Waals surface area (Å²) in [6, 6.07) is 0. The third-order valence-corrected chi connectivity index (χ3v) is 13.4. The van der Waals surface area contributed by atoms with E-state index in [-0.39, 0.29) is 49.8 Å². The summed E-state index contributed by atoms with van der Waals surface area (Å²) in [5.74, 6) is 0.123. The first-order valence-electron chi connectivity index (χ1n) is 25.3. The van der Waals surface area contributed by atoms with Crippen molar-refractivity contribution in [2.45, 2.75) is 201 Å². The number of hydrogen-bond acceptors (Lipinski definition) is 7. The van der Waals surface area contributed by atoms with Gasteiger partial charge < -0.3 is 24.6 Å². The van der Waals surface area contributed by atoms with Gasteiger partial charge in [-0.3, -0.25) is 19.2 Å². The molecule has 9 heteroatoms. The maximum Gasteiger partial charge on any atom is 0.306 e. The molecule has 2 aliphatic rings. The van der Waals surface area contributed by atoms with Crippen LogP contribution in [0.15, 0.2) is 59.8 Å². The predicted octanol–water partition coefficient (Wildman–Crippen LogP) is 12.3. The lowest BCUT2D eigenvalue weighted by Gasteiger charge is -2.43. The number of carbonyl (C=O) groups excluding carboxylic acids is 4. The number of rotatable bonds is 35. The molecule has 0 aliphatic heterocycles. The molecule has 0 fully saturated rings. The van der Waals surface area contributed by atoms with Gasteiger partial charge in [0.2, 0.25) is 11.8 Å². The van der Waals surface area contributed by atoms with Crippen molar-refractivity contribution in [3.8, 4) is 0 Å². The number of nitrogens with one attached hydrogen (secondary N) is 1. The second kappa shape index (κ2) is 33.1. The lowest BCUT2D eigenvalue weighted by Crippen LogP contribution is -2.61. The molecule has 0 aromatic rings. The molecular weight excluding hydrogens is 787 g/mol. The standard InChI is InChI=1S/C54H91N3O6/c1-9-13-15-16-17-18-19-20-21-26-50(58)57(41-23-22-40-56(11-3)12-4)54(53(61)55-39-14-10-2,37-24-27-51(59)62-42-46-29-33-48(34-30-46)44(5)6)38-25-28-52(60)63-43-47-31-35-49(36-32-47)45(7)8/h18-19,29,31,48-49H,5,7,9-17,20-28,30,32-43H2,1-4,6,8H3,(H,55,61)/b19-18-/t48-,49-/m1/s1. The SMILES string of the molecule is C=C(C)[C@@H]1CC=C(COC(=O)CCCC(CCCC(=O)OCC2=CC[C@@H](C(=C)C)CC2)(C(=O)NCCCC)N(CCCCN(CC)CC)C(=O)CCC/C=C\CCCCCC)CC1. The lowest BCUT2D eigenvalue weighted by molar-refractivity contribution is -0.151. The monoisotopic (exact) mass is 878 g/mol. The summed E-state index contributed by atoms with van der Waals surface area (Å²) >= 11 is 0. The van der Waals surface area contributed by atoms with Crippen molar-refractivity contribution in [2.24, 2.45) is 11.8 Å². The van der Waals surface area contributed by atoms with E-state index in [4.69, 9.17) is 9.47 Å². The molecule has 0 spiro atoms. The maximum absolute atomic E-state index is 14.8. The van der Waals surface area contributed by atoms with Crippen molar-refractivity contribution >= 4 is 23.8 Å². The lowest BCUT2D eigenvalue weighted by atomic mass is 9.83. The number of amides is 2. The number of ether oxygens (including phenoxy) is 2. The fourth-order valence-electron chi connectivity index (χ4n) is 8.92. The van der Waals surface area contributed by atoms with E-state index < -0.39 is 5.54 Å². The van der Waals surface area contributed by atoms with E-state index in [2.05, 4.69) is 89.2 Å². The fourth-order valence-corrected chi connectivity index (χ4v) is 8.92. The number of carbonyl (C=O) groups is 4. The van der Waals surface area contributed by atoms with Crippen LogP contribution in [-0.2, 0) is 28.7 Å². The van der Waals surface area contributed by atoms with E-state index in [0.29, 0.717) is 63.5 Å². The van der Waals surface area contributed by atoms with Gasteiger partial charge in [-0.1, -0.05) is 102 Å². The van der Waals surface area contributed by atoms with E-state index in [0.717, 1.165) is 108 Å². The van der Waals surface area contributed by atoms with Crippen molar-refractivity contribution in [3.63, 3.8) is 0 Å². The fraction of sp³-hybridized carbons (Fsp3) is 0.741. The summed E-state index contributed by atoms with van der Waals surface area (Å²) in [7, 11) is 0. The topological polar surface area (TPSA) is 105 Å². The summed E-state index contributed by atoms with van der Waals surface area (Å²) in [6.07, 6.45) is 27.3. The highest BCUT2D eigenvalue weighted by atomic mass is 16.5. The molecule has 0 saturated carbocycles. The van der Waals surface area contributed by atoms with Crippen LogP contribution in [0, 0.1) is 11.8 Å². The Bertz CT molecular complexity index is 1410. The first-order valence-corrected chi connectivity index (χ1v) is 25.3. The zero-order valence-corrected chi connectivity index (χ0v) is 41.1. The summed E-state index contributed by atoms with van der Waals surface area (Å²) in [4.78, 5) is 60.3. The zero-order valence-electron chi connectivity index (χ0n) is 41.1. The van der Waals surface area contributed by atoms with Crippen molar-refractivity contribution in [1.82, 2.24) is 15.1 Å². The highest BCUT2D eigenvalue weighted by Crippen LogP contribution is 2.33. The van der Waals surface area contributed by atoms with Gasteiger partial charge in [-0.2, -0.15) is 0 Å². The molecule has 0 radical (unpaired) electrons. The molecule has 358 valence electrons. The van der Waals surface area contributed by atoms with Crippen molar-refractivity contribution < 1.29 is 28.7 Å². The molecule has 0 saturated heterocycles. The van der Waals surface area contributed by atoms with Crippen LogP contribution in [0.5, 0.6) is 0 Å². The van der Waals surface area contributed by atoms with Crippen LogP contribution in [0.3, 0.4) is 0 Å². The Morgan fingerprint density at radius 3 is 1.68 bits per heavy atom. The molecule has 9 nitrogen and oxygen atoms in total. The first-order chi connectivity index (χ1) is 30.4. The van der Waals surface area contributed by atoms with Gasteiger partial charge >= 0.3 is 11.9 Å². The van der Waals surface area contributed by atoms with Crippen molar-refractivity contribution in [1.29, 1.82) is 0 Å². The molecule has 0 aromatic carbocycles. The molecule has 1 N–H and O–H groups in total. The minimum absolute atomic E-state index is 0.0421. The quantitative estimate of drug-likeness (QED) is 0.0384. The third-order valence-electron chi connectivity index (χ3n) is 13.4. The van der Waals surface area contributed by atoms with Crippen LogP contribution in [0.25, 0.3) is 0 Å². The molecule has 2 atom stereocenters. The van der Waals surface area contributed by atoms with Gasteiger partial charge in [0.15, 0.2) is 0 Å². The van der Waals surface area contributed by atoms with Crippen LogP contribution in [0.4, 0.5) is 0 Å². The van der Waals surface area contributed by atoms with Gasteiger partial charge in [0, 0.05) is 32.4 Å². The Morgan fingerprint density at radius 1 is 0.683 bits per heavy atom. The highest BCUT2D eigenvalue weighted by Gasteiger charge is 2.45. The minimum atomic E-state index is -1.23. The van der Waals surface area contributed by atoms with Gasteiger partial charge in [0.05, 0.1) is 0 Å². The van der Waals surface area contributed by atoms with Crippen LogP contribution in [0.1, 0.15) is 196 Å². The summed E-state index contributed by atoms with van der Waals surface area (Å²) in [5, 5.41) is 3.22. The molecule has 63 heavy (non-hydrogen) atoms. The molecule has 0 bridgehead atoms. The van der Waals surface area contributed by atoms with Gasteiger partial charge in [-0.15, -0.1) is 0 Å². The molecule has 2 aliphatic carbocycles. The minimum Gasteiger partial charge on any atom is -0.461 e. The summed E-state index contributed by atoms with van der Waals surface area (Å²) in [5.41, 5.74) is 3.43. The van der Waals surface area contributed by atoms with Gasteiger partial charge in [-0.25, -0.2) is 0 Å². The van der Waals surface area contributed by atoms with E-state index >= 15 is 0 Å². The smallest absolute Gasteiger partial charge is 0.306 e. The molecule has 0 unspecified atom stereocenters. The van der Waals surface area contributed by atoms with Gasteiger partial charge in [-0.05, 0) is 166 Å². The zero-order chi connectivity index (χ0) is 46.3. The van der Waals surface area contributed by atoms with Crippen LogP contribution >= 0.6 is 0 Å². The second-order valence-corrected chi connectivity index (χ2v) is 18.5. The number of allylic oxidation sites excluding steroid dienone is 6. The van der Waals surface area contributed by atoms with Gasteiger partial charge in [0.1, 0.15) is 18.8 Å². The largest absolute Gasteiger partial charge is 0.461 e. The van der Waals surface area contributed by atoms with Crippen LogP contribution < -0.4 is 5.32 Å². The van der Waals surface area contributed by atoms with E-state index in [1.54, 1.807) is 0 Å². The van der Waals surface area contributed by atoms with E-state index in [9.17, 15) is 19.2 Å². The maximum atomic E-state index is 14.8. The van der Waals surface area contributed by atoms with E-state index in [1.807, 2.05) is 4.90 Å². The summed E-state index contributed by atoms with van der Waals surface area (Å²) < 4.78 is 11.6. The number of hydrogen-bond donors (Lipinski definition) is 1. The number of unbranched alkanes of at least 4 members (excludes halogenated alkanes) is 7. The Kier molecular flexibility index (Phi) is 29.2. The predicted molar refractivity (Wildman–Crippen MR) is 261 cm³/mol. The first kappa shape index (κ1) is 55.7. The molecule has 2 rings (SSSR count). The normalized spacial score (nSPS) is 16.7. The summed E-state index contributed by atoms with van der Waals surface area (Å²) in [6.45, 7) is 25.3. The van der Waals surface area contributed by atoms with Crippen molar-refractivity contribution in [3.05, 3.63) is 59.8 Å². The molecular formula is C54H91N3O6. The number of nitrogens with zero attached hydrogens (tertiary/aromatic N) is 2. The third kappa shape index (κ3) is 22.3. The Morgan fingerprint density at radius 2 is 1.21 bits per heavy atom. The molecule has 0 heterocycles. The average Bonchev–Trinajstić information content (AvgIpc) is 3.28. The van der Waals surface area contributed by atoms with Crippen LogP contribution in [0.2, 0.25) is 0 Å². The van der Waals surface area contributed by atoms with Crippen LogP contribution in [-0.4, -0.2) is 85.0 Å². The number of esters is 2. The molecule has 0 aromatic heterocycles. The Balaban J connectivity index is 2.35. The average molecular weight is 878 g/mol. The Labute approximate surface area is 385 Å². The van der Waals surface area contributed by atoms with Gasteiger partial charge in [0.25, 0.3) is 0 Å². The highest BCUT2D eigenvalue weighted by molar-refractivity contribution is 5.91. The Hall–Kier alpha value is -3.46. The van der Waals surface area contributed by atoms with E-state index in [1.165, 1.54) is 36.8 Å². The molecule has 2 amide bonds. The second-order valence-electron chi connectivity index (χ2n) is 18.5. The van der Waals surface area contributed by atoms with Crippen molar-refractivity contribution in [2.75, 3.05) is 45.9 Å².